The van der Waals surface area contributed by atoms with Gasteiger partial charge in [-0.25, -0.2) is 0 Å². The van der Waals surface area contributed by atoms with Gasteiger partial charge in [-0.05, 0) is 24.6 Å². The summed E-state index contributed by atoms with van der Waals surface area (Å²) in [5, 5.41) is 8.78. The predicted molar refractivity (Wildman–Crippen MR) is 58.0 cm³/mol. The fourth-order valence-corrected chi connectivity index (χ4v) is 1.32. The maximum absolute atomic E-state index is 11.2. The van der Waals surface area contributed by atoms with E-state index in [0.717, 1.165) is 5.56 Å². The van der Waals surface area contributed by atoms with Crippen LogP contribution in [0.5, 0.6) is 5.75 Å². The number of carbonyl (C=O) groups is 1. The summed E-state index contributed by atoms with van der Waals surface area (Å²) in [4.78, 5) is 11.2. The van der Waals surface area contributed by atoms with Gasteiger partial charge in [0.2, 0.25) is 0 Å². The average Bonchev–Trinajstić information content (AvgIpc) is 2.29. The topological polar surface area (TPSA) is 59.3 Å². The van der Waals surface area contributed by atoms with E-state index in [-0.39, 0.29) is 12.4 Å². The van der Waals surface area contributed by atoms with Crippen LogP contribution in [0.1, 0.15) is 18.1 Å². The number of rotatable bonds is 4. The SMILES string of the molecule is CCOC(=O)Cc1ccc(C#N)c(OC)c1. The molecule has 16 heavy (non-hydrogen) atoms. The van der Waals surface area contributed by atoms with Crippen molar-refractivity contribution in [2.24, 2.45) is 0 Å². The van der Waals surface area contributed by atoms with Crippen molar-refractivity contribution in [2.45, 2.75) is 13.3 Å². The molecule has 0 aliphatic rings. The summed E-state index contributed by atoms with van der Waals surface area (Å²) in [6, 6.07) is 7.04. The zero-order valence-corrected chi connectivity index (χ0v) is 9.32. The highest BCUT2D eigenvalue weighted by Crippen LogP contribution is 2.19. The number of ether oxygens (including phenoxy) is 2. The highest BCUT2D eigenvalue weighted by molar-refractivity contribution is 5.72. The molecule has 4 nitrogen and oxygen atoms in total. The van der Waals surface area contributed by atoms with Crippen LogP contribution < -0.4 is 4.74 Å². The van der Waals surface area contributed by atoms with E-state index in [1.54, 1.807) is 25.1 Å². The third kappa shape index (κ3) is 2.99. The molecule has 1 aromatic carbocycles. The Morgan fingerprint density at radius 1 is 1.50 bits per heavy atom. The molecule has 0 saturated heterocycles. The van der Waals surface area contributed by atoms with Crippen molar-refractivity contribution in [3.8, 4) is 11.8 Å². The maximum atomic E-state index is 11.2. The molecule has 0 bridgehead atoms. The van der Waals surface area contributed by atoms with Crippen molar-refractivity contribution in [2.75, 3.05) is 13.7 Å². The molecule has 0 heterocycles. The summed E-state index contributed by atoms with van der Waals surface area (Å²) in [7, 11) is 1.49. The lowest BCUT2D eigenvalue weighted by atomic mass is 10.1. The second-order valence-corrected chi connectivity index (χ2v) is 3.13. The summed E-state index contributed by atoms with van der Waals surface area (Å²) in [6.07, 6.45) is 0.190. The van der Waals surface area contributed by atoms with Gasteiger partial charge in [-0.3, -0.25) is 4.79 Å². The standard InChI is InChI=1S/C12H13NO3/c1-3-16-12(14)7-9-4-5-10(8-13)11(6-9)15-2/h4-6H,3,7H2,1-2H3. The molecule has 84 valence electrons. The fourth-order valence-electron chi connectivity index (χ4n) is 1.32. The Bertz CT molecular complexity index is 421. The molecule has 0 spiro atoms. The van der Waals surface area contributed by atoms with E-state index >= 15 is 0 Å². The molecule has 4 heteroatoms. The van der Waals surface area contributed by atoms with Crippen LogP contribution in [0.4, 0.5) is 0 Å². The van der Waals surface area contributed by atoms with Gasteiger partial charge in [0.05, 0.1) is 25.7 Å². The lowest BCUT2D eigenvalue weighted by Crippen LogP contribution is -2.07. The summed E-state index contributed by atoms with van der Waals surface area (Å²) < 4.78 is 9.87. The Morgan fingerprint density at radius 2 is 2.25 bits per heavy atom. The first kappa shape index (κ1) is 12.1. The van der Waals surface area contributed by atoms with Crippen molar-refractivity contribution >= 4 is 5.97 Å². The van der Waals surface area contributed by atoms with Gasteiger partial charge in [-0.1, -0.05) is 6.07 Å². The Labute approximate surface area is 94.4 Å². The molecule has 0 aliphatic heterocycles. The number of carbonyl (C=O) groups excluding carboxylic acids is 1. The minimum Gasteiger partial charge on any atom is -0.495 e. The zero-order valence-electron chi connectivity index (χ0n) is 9.32. The molecule has 0 saturated carbocycles. The van der Waals surface area contributed by atoms with E-state index in [9.17, 15) is 4.79 Å². The molecule has 0 fully saturated rings. The highest BCUT2D eigenvalue weighted by Gasteiger charge is 2.07. The minimum atomic E-state index is -0.283. The van der Waals surface area contributed by atoms with Gasteiger partial charge >= 0.3 is 5.97 Å². The van der Waals surface area contributed by atoms with Gasteiger partial charge in [0.1, 0.15) is 11.8 Å². The van der Waals surface area contributed by atoms with Crippen LogP contribution in [0.2, 0.25) is 0 Å². The number of benzene rings is 1. The second-order valence-electron chi connectivity index (χ2n) is 3.13. The fraction of sp³-hybridized carbons (Fsp3) is 0.333. The maximum Gasteiger partial charge on any atom is 0.310 e. The van der Waals surface area contributed by atoms with Crippen LogP contribution in [-0.2, 0) is 16.0 Å². The van der Waals surface area contributed by atoms with Gasteiger partial charge in [0, 0.05) is 0 Å². The summed E-state index contributed by atoms with van der Waals surface area (Å²) in [5.74, 6) is 0.193. The van der Waals surface area contributed by atoms with E-state index in [0.29, 0.717) is 17.9 Å². The first-order valence-electron chi connectivity index (χ1n) is 4.94. The largest absolute Gasteiger partial charge is 0.495 e. The third-order valence-corrected chi connectivity index (χ3v) is 2.04. The molecule has 1 rings (SSSR count). The van der Waals surface area contributed by atoms with Crippen LogP contribution in [0.3, 0.4) is 0 Å². The molecule has 0 unspecified atom stereocenters. The Morgan fingerprint density at radius 3 is 2.81 bits per heavy atom. The van der Waals surface area contributed by atoms with Gasteiger partial charge in [-0.2, -0.15) is 5.26 Å². The van der Waals surface area contributed by atoms with Gasteiger partial charge in [0.15, 0.2) is 0 Å². The van der Waals surface area contributed by atoms with Crippen LogP contribution in [0.15, 0.2) is 18.2 Å². The van der Waals surface area contributed by atoms with E-state index < -0.39 is 0 Å². The lowest BCUT2D eigenvalue weighted by Gasteiger charge is -2.06. The normalized spacial score (nSPS) is 9.31. The molecule has 0 amide bonds. The number of hydrogen-bond acceptors (Lipinski definition) is 4. The van der Waals surface area contributed by atoms with E-state index in [1.807, 2.05) is 6.07 Å². The molecule has 0 atom stereocenters. The molecule has 0 aromatic heterocycles. The van der Waals surface area contributed by atoms with Crippen molar-refractivity contribution in [1.29, 1.82) is 5.26 Å². The highest BCUT2D eigenvalue weighted by atomic mass is 16.5. The number of hydrogen-bond donors (Lipinski definition) is 0. The van der Waals surface area contributed by atoms with E-state index in [1.165, 1.54) is 7.11 Å². The molecular weight excluding hydrogens is 206 g/mol. The van der Waals surface area contributed by atoms with Crippen LogP contribution in [0, 0.1) is 11.3 Å². The van der Waals surface area contributed by atoms with Gasteiger partial charge in [0.25, 0.3) is 0 Å². The number of methoxy groups -OCH3 is 1. The molecule has 0 aliphatic carbocycles. The van der Waals surface area contributed by atoms with Gasteiger partial charge < -0.3 is 9.47 Å². The first-order chi connectivity index (χ1) is 7.71. The Hall–Kier alpha value is -2.02. The minimum absolute atomic E-state index is 0.190. The lowest BCUT2D eigenvalue weighted by molar-refractivity contribution is -0.142. The second kappa shape index (κ2) is 5.76. The Kier molecular flexibility index (Phi) is 4.34. The number of nitrogens with zero attached hydrogens (tertiary/aromatic N) is 1. The molecule has 1 aromatic rings. The van der Waals surface area contributed by atoms with Gasteiger partial charge in [-0.15, -0.1) is 0 Å². The predicted octanol–water partition coefficient (Wildman–Crippen LogP) is 1.67. The summed E-state index contributed by atoms with van der Waals surface area (Å²) >= 11 is 0. The smallest absolute Gasteiger partial charge is 0.310 e. The summed E-state index contributed by atoms with van der Waals surface area (Å²) in [6.45, 7) is 2.13. The van der Waals surface area contributed by atoms with E-state index in [2.05, 4.69) is 0 Å². The Balaban J connectivity index is 2.84. The molecular formula is C12H13NO3. The van der Waals surface area contributed by atoms with Crippen LogP contribution in [0.25, 0.3) is 0 Å². The van der Waals surface area contributed by atoms with Crippen molar-refractivity contribution < 1.29 is 14.3 Å². The summed E-state index contributed by atoms with van der Waals surface area (Å²) in [5.41, 5.74) is 1.23. The van der Waals surface area contributed by atoms with Crippen LogP contribution in [-0.4, -0.2) is 19.7 Å². The number of nitriles is 1. The van der Waals surface area contributed by atoms with Crippen molar-refractivity contribution in [1.82, 2.24) is 0 Å². The zero-order chi connectivity index (χ0) is 12.0. The molecule has 0 radical (unpaired) electrons. The van der Waals surface area contributed by atoms with Crippen molar-refractivity contribution in [3.05, 3.63) is 29.3 Å². The first-order valence-corrected chi connectivity index (χ1v) is 4.94. The average molecular weight is 219 g/mol. The van der Waals surface area contributed by atoms with Crippen LogP contribution >= 0.6 is 0 Å². The van der Waals surface area contributed by atoms with Crippen molar-refractivity contribution in [3.63, 3.8) is 0 Å². The quantitative estimate of drug-likeness (QED) is 0.723. The third-order valence-electron chi connectivity index (χ3n) is 2.04. The van der Waals surface area contributed by atoms with E-state index in [4.69, 9.17) is 14.7 Å². The monoisotopic (exact) mass is 219 g/mol. The molecule has 0 N–H and O–H groups in total. The number of esters is 1.